The summed E-state index contributed by atoms with van der Waals surface area (Å²) in [4.78, 5) is 29.8. The summed E-state index contributed by atoms with van der Waals surface area (Å²) in [6.07, 6.45) is 1.49. The molecule has 0 spiro atoms. The minimum absolute atomic E-state index is 0.00407. The van der Waals surface area contributed by atoms with Gasteiger partial charge in [-0.25, -0.2) is 0 Å². The number of hydrogen-bond donors (Lipinski definition) is 0. The summed E-state index contributed by atoms with van der Waals surface area (Å²) in [5.74, 6) is 0. The SMILES string of the molecule is Cc1ccc(C=O)cc1.O=Cc1ccc([N+](=O)[O-])cc1. The number of hydrogen-bond acceptors (Lipinski definition) is 4. The van der Waals surface area contributed by atoms with Gasteiger partial charge in [-0.15, -0.1) is 0 Å². The van der Waals surface area contributed by atoms with Crippen LogP contribution in [0.5, 0.6) is 0 Å². The molecule has 0 aliphatic carbocycles. The Labute approximate surface area is 116 Å². The number of benzene rings is 2. The maximum Gasteiger partial charge on any atom is 0.269 e. The van der Waals surface area contributed by atoms with Gasteiger partial charge in [-0.2, -0.15) is 0 Å². The van der Waals surface area contributed by atoms with Gasteiger partial charge in [0.15, 0.2) is 0 Å². The van der Waals surface area contributed by atoms with E-state index in [9.17, 15) is 19.7 Å². The zero-order valence-electron chi connectivity index (χ0n) is 10.9. The van der Waals surface area contributed by atoms with E-state index in [2.05, 4.69) is 0 Å². The van der Waals surface area contributed by atoms with Crippen molar-refractivity contribution in [3.05, 3.63) is 75.3 Å². The van der Waals surface area contributed by atoms with E-state index in [0.29, 0.717) is 11.8 Å². The minimum atomic E-state index is -0.505. The fourth-order valence-corrected chi connectivity index (χ4v) is 1.32. The van der Waals surface area contributed by atoms with Gasteiger partial charge >= 0.3 is 0 Å². The average Bonchev–Trinajstić information content (AvgIpc) is 2.49. The highest BCUT2D eigenvalue weighted by atomic mass is 16.6. The molecule has 2 aromatic carbocycles. The molecule has 0 aliphatic rings. The molecule has 102 valence electrons. The summed E-state index contributed by atoms with van der Waals surface area (Å²) in [7, 11) is 0. The molecule has 0 fully saturated rings. The second kappa shape index (κ2) is 7.58. The second-order valence-electron chi connectivity index (χ2n) is 4.00. The second-order valence-corrected chi connectivity index (χ2v) is 4.00. The molecule has 0 aromatic heterocycles. The van der Waals surface area contributed by atoms with Crippen molar-refractivity contribution in [2.45, 2.75) is 6.92 Å². The van der Waals surface area contributed by atoms with Crippen LogP contribution in [-0.4, -0.2) is 17.5 Å². The van der Waals surface area contributed by atoms with Crippen LogP contribution in [0.25, 0.3) is 0 Å². The minimum Gasteiger partial charge on any atom is -0.298 e. The first kappa shape index (κ1) is 15.2. The van der Waals surface area contributed by atoms with E-state index in [1.54, 1.807) is 0 Å². The standard InChI is InChI=1S/C8H8O.C7H5NO3/c1-7-2-4-8(6-9)5-3-7;9-5-6-1-3-7(4-2-6)8(10)11/h2-6H,1H3;1-5H. The van der Waals surface area contributed by atoms with Crippen LogP contribution >= 0.6 is 0 Å². The molecule has 0 atom stereocenters. The third-order valence-electron chi connectivity index (χ3n) is 2.45. The normalized spacial score (nSPS) is 9.05. The molecule has 2 aromatic rings. The zero-order chi connectivity index (χ0) is 15.0. The molecule has 0 saturated carbocycles. The van der Waals surface area contributed by atoms with Gasteiger partial charge in [0.25, 0.3) is 5.69 Å². The summed E-state index contributed by atoms with van der Waals surface area (Å²) < 4.78 is 0. The topological polar surface area (TPSA) is 77.3 Å². The Morgan fingerprint density at radius 3 is 1.60 bits per heavy atom. The van der Waals surface area contributed by atoms with Crippen molar-refractivity contribution in [3.8, 4) is 0 Å². The number of nitro benzene ring substituents is 1. The lowest BCUT2D eigenvalue weighted by atomic mass is 10.2. The maximum absolute atomic E-state index is 10.1. The number of nitro groups is 1. The molecule has 2 rings (SSSR count). The van der Waals surface area contributed by atoms with Crippen molar-refractivity contribution in [2.75, 3.05) is 0 Å². The van der Waals surface area contributed by atoms with E-state index in [-0.39, 0.29) is 5.69 Å². The van der Waals surface area contributed by atoms with Crippen LogP contribution in [0.2, 0.25) is 0 Å². The predicted octanol–water partition coefficient (Wildman–Crippen LogP) is 3.21. The monoisotopic (exact) mass is 271 g/mol. The summed E-state index contributed by atoms with van der Waals surface area (Å²) in [6, 6.07) is 12.9. The van der Waals surface area contributed by atoms with E-state index in [1.165, 1.54) is 29.8 Å². The first-order valence-corrected chi connectivity index (χ1v) is 5.78. The Morgan fingerprint density at radius 2 is 1.25 bits per heavy atom. The van der Waals surface area contributed by atoms with Crippen LogP contribution in [0.15, 0.2) is 48.5 Å². The van der Waals surface area contributed by atoms with Gasteiger partial charge in [0.1, 0.15) is 12.6 Å². The first-order valence-electron chi connectivity index (χ1n) is 5.78. The summed E-state index contributed by atoms with van der Waals surface area (Å²) >= 11 is 0. The van der Waals surface area contributed by atoms with Crippen molar-refractivity contribution in [3.63, 3.8) is 0 Å². The van der Waals surface area contributed by atoms with Crippen molar-refractivity contribution in [2.24, 2.45) is 0 Å². The molecule has 0 saturated heterocycles. The van der Waals surface area contributed by atoms with E-state index in [1.807, 2.05) is 31.2 Å². The van der Waals surface area contributed by atoms with Crippen LogP contribution < -0.4 is 0 Å². The lowest BCUT2D eigenvalue weighted by Gasteiger charge is -1.89. The van der Waals surface area contributed by atoms with Crippen LogP contribution in [-0.2, 0) is 0 Å². The van der Waals surface area contributed by atoms with Crippen LogP contribution in [0, 0.1) is 17.0 Å². The van der Waals surface area contributed by atoms with Gasteiger partial charge in [0.2, 0.25) is 0 Å². The molecule has 5 heteroatoms. The van der Waals surface area contributed by atoms with Crippen LogP contribution in [0.4, 0.5) is 5.69 Å². The molecule has 0 N–H and O–H groups in total. The average molecular weight is 271 g/mol. The van der Waals surface area contributed by atoms with E-state index in [4.69, 9.17) is 0 Å². The van der Waals surface area contributed by atoms with Crippen molar-refractivity contribution >= 4 is 18.3 Å². The molecule has 0 bridgehead atoms. The molecule has 0 radical (unpaired) electrons. The lowest BCUT2D eigenvalue weighted by Crippen LogP contribution is -1.87. The van der Waals surface area contributed by atoms with Crippen molar-refractivity contribution in [1.82, 2.24) is 0 Å². The third-order valence-corrected chi connectivity index (χ3v) is 2.45. The van der Waals surface area contributed by atoms with E-state index in [0.717, 1.165) is 11.8 Å². The largest absolute Gasteiger partial charge is 0.298 e. The Bertz CT molecular complexity index is 588. The number of rotatable bonds is 3. The first-order chi connectivity index (χ1) is 9.56. The number of aldehydes is 2. The Morgan fingerprint density at radius 1 is 0.850 bits per heavy atom. The zero-order valence-corrected chi connectivity index (χ0v) is 10.9. The van der Waals surface area contributed by atoms with Gasteiger partial charge in [-0.3, -0.25) is 19.7 Å². The van der Waals surface area contributed by atoms with Gasteiger partial charge < -0.3 is 0 Å². The molecule has 0 amide bonds. The molecule has 0 aliphatic heterocycles. The molecule has 20 heavy (non-hydrogen) atoms. The Kier molecular flexibility index (Phi) is 5.77. The Balaban J connectivity index is 0.000000204. The van der Waals surface area contributed by atoms with Crippen molar-refractivity contribution in [1.29, 1.82) is 0 Å². The van der Waals surface area contributed by atoms with Gasteiger partial charge in [0, 0.05) is 23.3 Å². The molecule has 0 unspecified atom stereocenters. The summed E-state index contributed by atoms with van der Waals surface area (Å²) in [6.45, 7) is 1.99. The highest BCUT2D eigenvalue weighted by Gasteiger charge is 2.02. The number of non-ortho nitro benzene ring substituents is 1. The molecular weight excluding hydrogens is 258 g/mol. The number of carbonyl (C=O) groups excluding carboxylic acids is 2. The fourth-order valence-electron chi connectivity index (χ4n) is 1.32. The number of aryl methyl sites for hydroxylation is 1. The van der Waals surface area contributed by atoms with Gasteiger partial charge in [-0.05, 0) is 19.1 Å². The van der Waals surface area contributed by atoms with E-state index >= 15 is 0 Å². The Hall–Kier alpha value is -2.82. The lowest BCUT2D eigenvalue weighted by molar-refractivity contribution is -0.384. The van der Waals surface area contributed by atoms with E-state index < -0.39 is 4.92 Å². The van der Waals surface area contributed by atoms with Gasteiger partial charge in [-0.1, -0.05) is 29.8 Å². The van der Waals surface area contributed by atoms with Gasteiger partial charge in [0.05, 0.1) is 4.92 Å². The molecule has 5 nitrogen and oxygen atoms in total. The smallest absolute Gasteiger partial charge is 0.269 e. The highest BCUT2D eigenvalue weighted by Crippen LogP contribution is 2.10. The summed E-state index contributed by atoms with van der Waals surface area (Å²) in [5, 5.41) is 10.1. The highest BCUT2D eigenvalue weighted by molar-refractivity contribution is 5.75. The quantitative estimate of drug-likeness (QED) is 0.488. The summed E-state index contributed by atoms with van der Waals surface area (Å²) in [5.41, 5.74) is 2.35. The number of carbonyl (C=O) groups is 2. The van der Waals surface area contributed by atoms with Crippen LogP contribution in [0.1, 0.15) is 26.3 Å². The predicted molar refractivity (Wildman–Crippen MR) is 75.1 cm³/mol. The fraction of sp³-hybridized carbons (Fsp3) is 0.0667. The van der Waals surface area contributed by atoms with Crippen LogP contribution in [0.3, 0.4) is 0 Å². The third kappa shape index (κ3) is 4.81. The molecule has 0 heterocycles. The number of nitrogens with zero attached hydrogens (tertiary/aromatic N) is 1. The maximum atomic E-state index is 10.1. The van der Waals surface area contributed by atoms with Crippen molar-refractivity contribution < 1.29 is 14.5 Å². The molecular formula is C15H13NO4.